The van der Waals surface area contributed by atoms with E-state index in [1.165, 1.54) is 0 Å². The zero-order valence-electron chi connectivity index (χ0n) is 11.7. The van der Waals surface area contributed by atoms with Crippen LogP contribution >= 0.6 is 0 Å². The lowest BCUT2D eigenvalue weighted by atomic mass is 10.0. The number of hydrogen-bond acceptors (Lipinski definition) is 5. The summed E-state index contributed by atoms with van der Waals surface area (Å²) < 4.78 is 16.2. The maximum absolute atomic E-state index is 12.0. The van der Waals surface area contributed by atoms with Crippen molar-refractivity contribution in [3.63, 3.8) is 0 Å². The van der Waals surface area contributed by atoms with Crippen molar-refractivity contribution in [2.45, 2.75) is 25.0 Å². The quantitative estimate of drug-likeness (QED) is 0.689. The number of piperidine rings is 1. The van der Waals surface area contributed by atoms with Crippen molar-refractivity contribution >= 4 is 5.91 Å². The first-order chi connectivity index (χ1) is 9.26. The Hall–Kier alpha value is -0.690. The average molecular weight is 272 g/mol. The van der Waals surface area contributed by atoms with Gasteiger partial charge in [-0.2, -0.15) is 0 Å². The van der Waals surface area contributed by atoms with Gasteiger partial charge in [-0.05, 0) is 0 Å². The predicted molar refractivity (Wildman–Crippen MR) is 69.8 cm³/mol. The van der Waals surface area contributed by atoms with E-state index < -0.39 is 5.79 Å². The Kier molecular flexibility index (Phi) is 5.57. The first-order valence-electron chi connectivity index (χ1n) is 7.01. The van der Waals surface area contributed by atoms with Crippen LogP contribution in [-0.4, -0.2) is 69.7 Å². The second-order valence-electron chi connectivity index (χ2n) is 4.98. The SMILES string of the molecule is COCCNCCC(=O)N1CCC2(CC1)OCCO2. The van der Waals surface area contributed by atoms with Gasteiger partial charge in [-0.15, -0.1) is 0 Å². The molecule has 0 bridgehead atoms. The average Bonchev–Trinajstić information content (AvgIpc) is 2.87. The number of carbonyl (C=O) groups excluding carboxylic acids is 1. The molecule has 1 amide bonds. The topological polar surface area (TPSA) is 60.0 Å². The first-order valence-corrected chi connectivity index (χ1v) is 7.01. The van der Waals surface area contributed by atoms with Gasteiger partial charge in [-0.1, -0.05) is 0 Å². The number of rotatable bonds is 6. The molecule has 1 N–H and O–H groups in total. The summed E-state index contributed by atoms with van der Waals surface area (Å²) >= 11 is 0. The Labute approximate surface area is 114 Å². The van der Waals surface area contributed by atoms with Gasteiger partial charge in [0.2, 0.25) is 5.91 Å². The monoisotopic (exact) mass is 272 g/mol. The Morgan fingerprint density at radius 3 is 2.58 bits per heavy atom. The van der Waals surface area contributed by atoms with Crippen LogP contribution in [0.4, 0.5) is 0 Å². The van der Waals surface area contributed by atoms with Crippen molar-refractivity contribution < 1.29 is 19.0 Å². The lowest BCUT2D eigenvalue weighted by Gasteiger charge is -2.37. The summed E-state index contributed by atoms with van der Waals surface area (Å²) in [6, 6.07) is 0. The summed E-state index contributed by atoms with van der Waals surface area (Å²) in [7, 11) is 1.67. The zero-order valence-corrected chi connectivity index (χ0v) is 11.7. The second-order valence-corrected chi connectivity index (χ2v) is 4.98. The van der Waals surface area contributed by atoms with Crippen LogP contribution in [0.1, 0.15) is 19.3 Å². The van der Waals surface area contributed by atoms with Gasteiger partial charge in [0.05, 0.1) is 19.8 Å². The number of carbonyl (C=O) groups is 1. The molecule has 0 atom stereocenters. The molecule has 2 heterocycles. The molecule has 0 radical (unpaired) electrons. The molecule has 19 heavy (non-hydrogen) atoms. The third-order valence-corrected chi connectivity index (χ3v) is 3.69. The van der Waals surface area contributed by atoms with E-state index in [1.807, 2.05) is 4.90 Å². The highest BCUT2D eigenvalue weighted by atomic mass is 16.7. The predicted octanol–water partition coefficient (Wildman–Crippen LogP) is -0.0220. The maximum Gasteiger partial charge on any atom is 0.223 e. The molecule has 0 aromatic carbocycles. The van der Waals surface area contributed by atoms with Crippen LogP contribution in [0.15, 0.2) is 0 Å². The van der Waals surface area contributed by atoms with Crippen LogP contribution in [0.5, 0.6) is 0 Å². The van der Waals surface area contributed by atoms with Crippen molar-refractivity contribution in [2.75, 3.05) is 53.1 Å². The van der Waals surface area contributed by atoms with Crippen LogP contribution < -0.4 is 5.32 Å². The van der Waals surface area contributed by atoms with Crippen molar-refractivity contribution in [3.8, 4) is 0 Å². The van der Waals surface area contributed by atoms with Gasteiger partial charge in [-0.25, -0.2) is 0 Å². The third kappa shape index (κ3) is 4.14. The first kappa shape index (κ1) is 14.7. The molecule has 110 valence electrons. The van der Waals surface area contributed by atoms with Crippen molar-refractivity contribution in [3.05, 3.63) is 0 Å². The molecule has 0 saturated carbocycles. The molecule has 2 aliphatic heterocycles. The van der Waals surface area contributed by atoms with Gasteiger partial charge in [-0.3, -0.25) is 4.79 Å². The van der Waals surface area contributed by atoms with Gasteiger partial charge in [0.25, 0.3) is 0 Å². The highest BCUT2D eigenvalue weighted by Gasteiger charge is 2.40. The summed E-state index contributed by atoms with van der Waals surface area (Å²) in [4.78, 5) is 13.9. The van der Waals surface area contributed by atoms with E-state index in [0.29, 0.717) is 32.8 Å². The number of amides is 1. The summed E-state index contributed by atoms with van der Waals surface area (Å²) in [6.07, 6.45) is 2.12. The molecule has 1 spiro atoms. The number of likely N-dealkylation sites (tertiary alicyclic amines) is 1. The third-order valence-electron chi connectivity index (χ3n) is 3.69. The zero-order chi connectivity index (χ0) is 13.6. The van der Waals surface area contributed by atoms with Crippen molar-refractivity contribution in [2.24, 2.45) is 0 Å². The molecule has 0 aliphatic carbocycles. The molecular weight excluding hydrogens is 248 g/mol. The molecule has 2 rings (SSSR count). The van der Waals surface area contributed by atoms with E-state index in [4.69, 9.17) is 14.2 Å². The minimum Gasteiger partial charge on any atom is -0.383 e. The lowest BCUT2D eigenvalue weighted by Crippen LogP contribution is -2.47. The van der Waals surface area contributed by atoms with E-state index in [9.17, 15) is 4.79 Å². The van der Waals surface area contributed by atoms with E-state index in [1.54, 1.807) is 7.11 Å². The normalized spacial score (nSPS) is 22.1. The molecule has 2 fully saturated rings. The van der Waals surface area contributed by atoms with Crippen LogP contribution in [0.2, 0.25) is 0 Å². The largest absolute Gasteiger partial charge is 0.383 e. The minimum absolute atomic E-state index is 0.206. The van der Waals surface area contributed by atoms with E-state index in [0.717, 1.165) is 32.5 Å². The maximum atomic E-state index is 12.0. The molecule has 0 unspecified atom stereocenters. The smallest absolute Gasteiger partial charge is 0.223 e. The molecule has 6 heteroatoms. The number of hydrogen-bond donors (Lipinski definition) is 1. The fourth-order valence-corrected chi connectivity index (χ4v) is 2.54. The Morgan fingerprint density at radius 2 is 1.95 bits per heavy atom. The van der Waals surface area contributed by atoms with Gasteiger partial charge in [0.1, 0.15) is 0 Å². The van der Waals surface area contributed by atoms with Gasteiger partial charge >= 0.3 is 0 Å². The standard InChI is InChI=1S/C13H24N2O4/c1-17-9-6-14-5-2-12(16)15-7-3-13(4-8-15)18-10-11-19-13/h14H,2-11H2,1H3. The summed E-state index contributed by atoms with van der Waals surface area (Å²) in [5, 5.41) is 3.18. The number of ether oxygens (including phenoxy) is 3. The highest BCUT2D eigenvalue weighted by molar-refractivity contribution is 5.76. The van der Waals surface area contributed by atoms with Crippen molar-refractivity contribution in [1.29, 1.82) is 0 Å². The second kappa shape index (κ2) is 7.19. The highest BCUT2D eigenvalue weighted by Crippen LogP contribution is 2.31. The van der Waals surface area contributed by atoms with Gasteiger partial charge in [0.15, 0.2) is 5.79 Å². The molecule has 0 aromatic rings. The number of nitrogens with one attached hydrogen (secondary N) is 1. The minimum atomic E-state index is -0.395. The Balaban J connectivity index is 1.62. The van der Waals surface area contributed by atoms with Crippen molar-refractivity contribution in [1.82, 2.24) is 10.2 Å². The van der Waals surface area contributed by atoms with E-state index >= 15 is 0 Å². The molecule has 2 saturated heterocycles. The number of methoxy groups -OCH3 is 1. The van der Waals surface area contributed by atoms with Crippen LogP contribution in [0, 0.1) is 0 Å². The lowest BCUT2D eigenvalue weighted by molar-refractivity contribution is -0.187. The summed E-state index contributed by atoms with van der Waals surface area (Å²) in [5.41, 5.74) is 0. The Morgan fingerprint density at radius 1 is 1.26 bits per heavy atom. The summed E-state index contributed by atoms with van der Waals surface area (Å²) in [5.74, 6) is -0.189. The van der Waals surface area contributed by atoms with E-state index in [-0.39, 0.29) is 5.91 Å². The van der Waals surface area contributed by atoms with Crippen LogP contribution in [-0.2, 0) is 19.0 Å². The molecule has 6 nitrogen and oxygen atoms in total. The number of nitrogens with zero attached hydrogens (tertiary/aromatic N) is 1. The summed E-state index contributed by atoms with van der Waals surface area (Å²) in [6.45, 7) is 4.99. The molecule has 2 aliphatic rings. The Bertz CT molecular complexity index is 282. The van der Waals surface area contributed by atoms with E-state index in [2.05, 4.69) is 5.32 Å². The molecular formula is C13H24N2O4. The fourth-order valence-electron chi connectivity index (χ4n) is 2.54. The fraction of sp³-hybridized carbons (Fsp3) is 0.923. The molecule has 0 aromatic heterocycles. The van der Waals surface area contributed by atoms with Gasteiger partial charge < -0.3 is 24.4 Å². The van der Waals surface area contributed by atoms with Crippen LogP contribution in [0.3, 0.4) is 0 Å². The van der Waals surface area contributed by atoms with Gasteiger partial charge in [0, 0.05) is 52.6 Å². The van der Waals surface area contributed by atoms with Crippen LogP contribution in [0.25, 0.3) is 0 Å².